The molecule has 14 heavy (non-hydrogen) atoms. The lowest BCUT2D eigenvalue weighted by Crippen LogP contribution is -2.12. The van der Waals surface area contributed by atoms with Crippen molar-refractivity contribution in [1.82, 2.24) is 0 Å². The molecule has 0 aromatic carbocycles. The van der Waals surface area contributed by atoms with Crippen LogP contribution in [0.25, 0.3) is 0 Å². The maximum Gasteiger partial charge on any atom is 0.221 e. The number of amides is 1. The van der Waals surface area contributed by atoms with E-state index in [-0.39, 0.29) is 11.1 Å². The van der Waals surface area contributed by atoms with Crippen LogP contribution in [-0.4, -0.2) is 11.1 Å². The molecule has 2 N–H and O–H groups in total. The fourth-order valence-electron chi connectivity index (χ4n) is 0.723. The first-order chi connectivity index (χ1) is 6.25. The number of halogens is 1. The number of carbonyl (C=O) groups excluding carboxylic acids is 2. The van der Waals surface area contributed by atoms with Gasteiger partial charge in [0.2, 0.25) is 11.1 Å². The van der Waals surface area contributed by atoms with E-state index in [4.69, 9.17) is 17.3 Å². The van der Waals surface area contributed by atoms with Crippen LogP contribution >= 0.6 is 11.6 Å². The van der Waals surface area contributed by atoms with Gasteiger partial charge in [0.1, 0.15) is 0 Å². The molecular formula is C10H20ClNO2. The molecule has 4 heteroatoms. The SMILES string of the molecule is CC(C)CC(=O)Cl.CC(C)CC(N)=O. The highest BCUT2D eigenvalue weighted by atomic mass is 35.5. The lowest BCUT2D eigenvalue weighted by Gasteiger charge is -1.95. The number of primary amides is 1. The molecule has 0 atom stereocenters. The van der Waals surface area contributed by atoms with Crippen molar-refractivity contribution >= 4 is 22.8 Å². The summed E-state index contributed by atoms with van der Waals surface area (Å²) in [5.41, 5.74) is 4.85. The molecule has 0 aliphatic rings. The molecule has 1 amide bonds. The molecule has 0 saturated heterocycles. The molecule has 0 unspecified atom stereocenters. The second-order valence-electron chi connectivity index (χ2n) is 4.02. The van der Waals surface area contributed by atoms with Gasteiger partial charge in [-0.25, -0.2) is 0 Å². The van der Waals surface area contributed by atoms with Crippen LogP contribution < -0.4 is 5.73 Å². The quantitative estimate of drug-likeness (QED) is 0.741. The summed E-state index contributed by atoms with van der Waals surface area (Å²) in [5.74, 6) is 0.581. The molecule has 0 fully saturated rings. The number of carbonyl (C=O) groups is 2. The predicted molar refractivity (Wildman–Crippen MR) is 59.0 cm³/mol. The summed E-state index contributed by atoms with van der Waals surface area (Å²) < 4.78 is 0. The Morgan fingerprint density at radius 3 is 1.43 bits per heavy atom. The third kappa shape index (κ3) is 22.5. The fourth-order valence-corrected chi connectivity index (χ4v) is 1.03. The van der Waals surface area contributed by atoms with Gasteiger partial charge in [0, 0.05) is 12.8 Å². The minimum Gasteiger partial charge on any atom is -0.370 e. The van der Waals surface area contributed by atoms with Crippen LogP contribution in [0.15, 0.2) is 0 Å². The zero-order valence-corrected chi connectivity index (χ0v) is 10.1. The first-order valence-corrected chi connectivity index (χ1v) is 5.10. The molecule has 0 aromatic rings. The Morgan fingerprint density at radius 2 is 1.43 bits per heavy atom. The van der Waals surface area contributed by atoms with Crippen LogP contribution in [0.3, 0.4) is 0 Å². The Balaban J connectivity index is 0. The molecule has 3 nitrogen and oxygen atoms in total. The minimum atomic E-state index is -0.241. The summed E-state index contributed by atoms with van der Waals surface area (Å²) in [6.45, 7) is 7.84. The van der Waals surface area contributed by atoms with Crippen LogP contribution in [0.1, 0.15) is 40.5 Å². The van der Waals surface area contributed by atoms with Gasteiger partial charge in [-0.1, -0.05) is 27.7 Å². The number of hydrogen-bond acceptors (Lipinski definition) is 2. The smallest absolute Gasteiger partial charge is 0.221 e. The van der Waals surface area contributed by atoms with E-state index >= 15 is 0 Å². The van der Waals surface area contributed by atoms with Gasteiger partial charge in [-0.05, 0) is 23.4 Å². The van der Waals surface area contributed by atoms with Crippen molar-refractivity contribution < 1.29 is 9.59 Å². The van der Waals surface area contributed by atoms with Crippen LogP contribution in [-0.2, 0) is 9.59 Å². The second kappa shape index (κ2) is 9.00. The Kier molecular flexibility index (Phi) is 10.2. The second-order valence-corrected chi connectivity index (χ2v) is 4.44. The predicted octanol–water partition coefficient (Wildman–Crippen LogP) is 2.32. The van der Waals surface area contributed by atoms with Gasteiger partial charge in [-0.15, -0.1) is 0 Å². The molecule has 0 radical (unpaired) electrons. The lowest BCUT2D eigenvalue weighted by molar-refractivity contribution is -0.118. The average Bonchev–Trinajstić information content (AvgIpc) is 1.79. The summed E-state index contributed by atoms with van der Waals surface area (Å²) in [4.78, 5) is 20.1. The zero-order valence-electron chi connectivity index (χ0n) is 9.34. The van der Waals surface area contributed by atoms with E-state index in [1.54, 1.807) is 0 Å². The highest BCUT2D eigenvalue weighted by Crippen LogP contribution is 2.01. The summed E-state index contributed by atoms with van der Waals surface area (Å²) in [6.07, 6.45) is 0.988. The molecule has 0 aromatic heterocycles. The summed E-state index contributed by atoms with van der Waals surface area (Å²) in [7, 11) is 0. The van der Waals surface area contributed by atoms with E-state index in [2.05, 4.69) is 0 Å². The topological polar surface area (TPSA) is 60.2 Å². The van der Waals surface area contributed by atoms with E-state index < -0.39 is 0 Å². The van der Waals surface area contributed by atoms with Gasteiger partial charge >= 0.3 is 0 Å². The van der Waals surface area contributed by atoms with Crippen molar-refractivity contribution in [3.8, 4) is 0 Å². The molecule has 0 rings (SSSR count). The molecule has 84 valence electrons. The average molecular weight is 222 g/mol. The number of hydrogen-bond donors (Lipinski definition) is 1. The van der Waals surface area contributed by atoms with Gasteiger partial charge in [0.05, 0.1) is 0 Å². The van der Waals surface area contributed by atoms with E-state index in [1.807, 2.05) is 27.7 Å². The van der Waals surface area contributed by atoms with Crippen molar-refractivity contribution in [1.29, 1.82) is 0 Å². The fraction of sp³-hybridized carbons (Fsp3) is 0.800. The van der Waals surface area contributed by atoms with Gasteiger partial charge < -0.3 is 5.73 Å². The number of nitrogens with two attached hydrogens (primary N) is 1. The van der Waals surface area contributed by atoms with E-state index in [0.29, 0.717) is 24.7 Å². The monoisotopic (exact) mass is 221 g/mol. The largest absolute Gasteiger partial charge is 0.370 e. The lowest BCUT2D eigenvalue weighted by atomic mass is 10.1. The molecule has 0 aliphatic heterocycles. The summed E-state index contributed by atoms with van der Waals surface area (Å²) in [5, 5.41) is -0.241. The Bertz CT molecular complexity index is 159. The molecule has 0 bridgehead atoms. The molecular weight excluding hydrogens is 202 g/mol. The Morgan fingerprint density at radius 1 is 1.07 bits per heavy atom. The van der Waals surface area contributed by atoms with Gasteiger partial charge in [-0.3, -0.25) is 9.59 Å². The van der Waals surface area contributed by atoms with Crippen molar-refractivity contribution in [2.75, 3.05) is 0 Å². The minimum absolute atomic E-state index is 0.213. The third-order valence-corrected chi connectivity index (χ3v) is 1.33. The van der Waals surface area contributed by atoms with Crippen molar-refractivity contribution in [3.63, 3.8) is 0 Å². The summed E-state index contributed by atoms with van der Waals surface area (Å²) >= 11 is 5.03. The van der Waals surface area contributed by atoms with Crippen LogP contribution in [0, 0.1) is 11.8 Å². The number of rotatable bonds is 4. The molecule has 0 heterocycles. The summed E-state index contributed by atoms with van der Waals surface area (Å²) in [6, 6.07) is 0. The van der Waals surface area contributed by atoms with Gasteiger partial charge in [-0.2, -0.15) is 0 Å². The van der Waals surface area contributed by atoms with Gasteiger partial charge in [0.15, 0.2) is 0 Å². The van der Waals surface area contributed by atoms with E-state index in [9.17, 15) is 9.59 Å². The van der Waals surface area contributed by atoms with E-state index in [1.165, 1.54) is 0 Å². The van der Waals surface area contributed by atoms with Crippen molar-refractivity contribution in [3.05, 3.63) is 0 Å². The Hall–Kier alpha value is -0.570. The molecule has 0 spiro atoms. The van der Waals surface area contributed by atoms with Crippen molar-refractivity contribution in [2.45, 2.75) is 40.5 Å². The first kappa shape index (κ1) is 15.9. The normalized spacial score (nSPS) is 9.64. The van der Waals surface area contributed by atoms with Crippen LogP contribution in [0.5, 0.6) is 0 Å². The van der Waals surface area contributed by atoms with Crippen LogP contribution in [0.2, 0.25) is 0 Å². The standard InChI is InChI=1S/C5H9ClO.C5H11NO/c2*1-4(2)3-5(6)7/h4H,3H2,1-2H3;4H,3H2,1-2H3,(H2,6,7). The molecule has 0 aliphatic carbocycles. The zero-order chi connectivity index (χ0) is 11.7. The van der Waals surface area contributed by atoms with Gasteiger partial charge in [0.25, 0.3) is 0 Å². The highest BCUT2D eigenvalue weighted by molar-refractivity contribution is 6.63. The van der Waals surface area contributed by atoms with Crippen LogP contribution in [0.4, 0.5) is 0 Å². The Labute approximate surface area is 91.0 Å². The van der Waals surface area contributed by atoms with E-state index in [0.717, 1.165) is 0 Å². The molecule has 0 saturated carbocycles. The first-order valence-electron chi connectivity index (χ1n) is 4.72. The third-order valence-electron chi connectivity index (χ3n) is 1.18. The highest BCUT2D eigenvalue weighted by Gasteiger charge is 1.98. The maximum atomic E-state index is 10.0. The van der Waals surface area contributed by atoms with Crippen molar-refractivity contribution in [2.24, 2.45) is 17.6 Å². The maximum absolute atomic E-state index is 10.0.